The van der Waals surface area contributed by atoms with Gasteiger partial charge in [-0.15, -0.1) is 0 Å². The quantitative estimate of drug-likeness (QED) is 0.491. The maximum absolute atomic E-state index is 12.7. The van der Waals surface area contributed by atoms with Crippen molar-refractivity contribution in [3.05, 3.63) is 23.5 Å². The first-order chi connectivity index (χ1) is 12.7. The van der Waals surface area contributed by atoms with Crippen molar-refractivity contribution >= 4 is 11.8 Å². The maximum Gasteiger partial charge on any atom is 0.303 e. The highest BCUT2D eigenvalue weighted by Gasteiger charge is 2.85. The number of rotatable bonds is 1. The Bertz CT molecular complexity index is 842. The SMILES string of the molecule is CC(=O)O[C@@H]1[C@@H](C)[C@@]2(O)[C@@H](C=C(O)C[C@]3(O)C(=O)C(C)=C[C@@H]23)[C@@H]2C(C)(C)[C@]12O. The van der Waals surface area contributed by atoms with Crippen molar-refractivity contribution in [2.75, 3.05) is 0 Å². The van der Waals surface area contributed by atoms with Gasteiger partial charge in [0.1, 0.15) is 17.3 Å². The molecule has 0 aliphatic heterocycles. The lowest BCUT2D eigenvalue weighted by atomic mass is 9.59. The fraction of sp³-hybridized carbons (Fsp3) is 0.714. The van der Waals surface area contributed by atoms with Gasteiger partial charge in [-0.25, -0.2) is 0 Å². The highest BCUT2D eigenvalue weighted by molar-refractivity contribution is 6.04. The van der Waals surface area contributed by atoms with E-state index in [9.17, 15) is 30.0 Å². The average molecular weight is 392 g/mol. The van der Waals surface area contributed by atoms with Crippen LogP contribution in [0, 0.1) is 29.1 Å². The highest BCUT2D eigenvalue weighted by Crippen LogP contribution is 2.75. The minimum Gasteiger partial charge on any atom is -0.513 e. The van der Waals surface area contributed by atoms with E-state index in [2.05, 4.69) is 0 Å². The zero-order valence-electron chi connectivity index (χ0n) is 16.8. The van der Waals surface area contributed by atoms with Gasteiger partial charge in [0, 0.05) is 42.4 Å². The number of Topliss-reactive ketones (excluding diaryl/α,β-unsaturated/α-hetero) is 1. The Hall–Kier alpha value is -1.70. The number of esters is 1. The monoisotopic (exact) mass is 392 g/mol. The summed E-state index contributed by atoms with van der Waals surface area (Å²) in [5, 5.41) is 45.2. The van der Waals surface area contributed by atoms with Crippen LogP contribution < -0.4 is 0 Å². The molecule has 7 heteroatoms. The molecule has 0 saturated heterocycles. The van der Waals surface area contributed by atoms with Crippen LogP contribution in [-0.4, -0.2) is 55.1 Å². The fourth-order valence-corrected chi connectivity index (χ4v) is 6.56. The van der Waals surface area contributed by atoms with Crippen molar-refractivity contribution in [3.63, 3.8) is 0 Å². The molecule has 28 heavy (non-hydrogen) atoms. The van der Waals surface area contributed by atoms with Gasteiger partial charge >= 0.3 is 5.97 Å². The lowest BCUT2D eigenvalue weighted by molar-refractivity contribution is -0.220. The van der Waals surface area contributed by atoms with Gasteiger partial charge in [0.15, 0.2) is 5.78 Å². The Labute approximate surface area is 163 Å². The van der Waals surface area contributed by atoms with E-state index in [1.807, 2.05) is 13.8 Å². The lowest BCUT2D eigenvalue weighted by Gasteiger charge is -2.52. The first kappa shape index (κ1) is 19.6. The minimum absolute atomic E-state index is 0.187. The topological polar surface area (TPSA) is 124 Å². The standard InChI is InChI=1S/C21H28O7/c1-9-6-14-19(25,16(9)24)8-12(23)7-13-15-18(4,5)21(15,27)17(28-11(3)22)10(2)20(13,14)26/h6-7,10,13-15,17,23,25-27H,8H2,1-5H3/t10-,13+,14-,15-,17-,19-,20-,21-/m1/s1. The van der Waals surface area contributed by atoms with E-state index in [0.717, 1.165) is 0 Å². The molecule has 8 atom stereocenters. The second-order valence-electron chi connectivity index (χ2n) is 9.67. The van der Waals surface area contributed by atoms with E-state index in [1.54, 1.807) is 19.9 Å². The third-order valence-corrected chi connectivity index (χ3v) is 8.01. The molecule has 0 spiro atoms. The summed E-state index contributed by atoms with van der Waals surface area (Å²) in [6.45, 7) is 8.13. The molecule has 4 aliphatic rings. The Kier molecular flexibility index (Phi) is 3.68. The predicted molar refractivity (Wildman–Crippen MR) is 97.9 cm³/mol. The van der Waals surface area contributed by atoms with Crippen LogP contribution in [0.4, 0.5) is 0 Å². The molecule has 0 aromatic carbocycles. The summed E-state index contributed by atoms with van der Waals surface area (Å²) in [6, 6.07) is 0. The maximum atomic E-state index is 12.7. The molecule has 2 fully saturated rings. The molecule has 0 heterocycles. The van der Waals surface area contributed by atoms with E-state index < -0.39 is 63.7 Å². The largest absolute Gasteiger partial charge is 0.513 e. The number of fused-ring (bicyclic) bond motifs is 5. The van der Waals surface area contributed by atoms with Crippen LogP contribution in [0.25, 0.3) is 0 Å². The van der Waals surface area contributed by atoms with Gasteiger partial charge in [0.2, 0.25) is 0 Å². The van der Waals surface area contributed by atoms with Crippen LogP contribution in [0.1, 0.15) is 41.0 Å². The number of aliphatic hydroxyl groups is 4. The number of aliphatic hydroxyl groups excluding tert-OH is 1. The molecular weight excluding hydrogens is 364 g/mol. The summed E-state index contributed by atoms with van der Waals surface area (Å²) in [4.78, 5) is 24.5. The molecule has 0 unspecified atom stereocenters. The molecule has 0 amide bonds. The van der Waals surface area contributed by atoms with Gasteiger partial charge in [0.25, 0.3) is 0 Å². The van der Waals surface area contributed by atoms with Crippen LogP contribution >= 0.6 is 0 Å². The Balaban J connectivity index is 1.94. The number of carbonyl (C=O) groups is 2. The van der Waals surface area contributed by atoms with E-state index in [1.165, 1.54) is 13.0 Å². The van der Waals surface area contributed by atoms with Gasteiger partial charge in [-0.2, -0.15) is 0 Å². The first-order valence-electron chi connectivity index (χ1n) is 9.71. The molecule has 0 aromatic heterocycles. The number of carbonyl (C=O) groups excluding carboxylic acids is 2. The van der Waals surface area contributed by atoms with Crippen molar-refractivity contribution in [1.29, 1.82) is 0 Å². The van der Waals surface area contributed by atoms with Crippen molar-refractivity contribution in [1.82, 2.24) is 0 Å². The van der Waals surface area contributed by atoms with Gasteiger partial charge in [-0.3, -0.25) is 9.59 Å². The van der Waals surface area contributed by atoms with E-state index >= 15 is 0 Å². The number of ether oxygens (including phenoxy) is 1. The van der Waals surface area contributed by atoms with Crippen LogP contribution in [-0.2, 0) is 14.3 Å². The molecular formula is C21H28O7. The Morgan fingerprint density at radius 1 is 1.21 bits per heavy atom. The van der Waals surface area contributed by atoms with E-state index in [-0.39, 0.29) is 12.2 Å². The van der Waals surface area contributed by atoms with Crippen molar-refractivity contribution < 1.29 is 34.8 Å². The molecule has 4 rings (SSSR count). The van der Waals surface area contributed by atoms with Crippen LogP contribution in [0.15, 0.2) is 23.5 Å². The average Bonchev–Trinajstić information content (AvgIpc) is 2.96. The zero-order chi connectivity index (χ0) is 21.0. The third-order valence-electron chi connectivity index (χ3n) is 8.01. The summed E-state index contributed by atoms with van der Waals surface area (Å²) in [5.74, 6) is -4.31. The van der Waals surface area contributed by atoms with Crippen molar-refractivity contribution in [2.24, 2.45) is 29.1 Å². The molecule has 4 N–H and O–H groups in total. The smallest absolute Gasteiger partial charge is 0.303 e. The van der Waals surface area contributed by atoms with Gasteiger partial charge in [-0.05, 0) is 18.6 Å². The molecule has 4 aliphatic carbocycles. The van der Waals surface area contributed by atoms with Crippen LogP contribution in [0.2, 0.25) is 0 Å². The highest BCUT2D eigenvalue weighted by atomic mass is 16.6. The number of hydrogen-bond donors (Lipinski definition) is 4. The molecule has 0 radical (unpaired) electrons. The normalized spacial score (nSPS) is 51.1. The summed E-state index contributed by atoms with van der Waals surface area (Å²) in [7, 11) is 0. The zero-order valence-corrected chi connectivity index (χ0v) is 16.8. The number of ketones is 1. The Morgan fingerprint density at radius 3 is 2.39 bits per heavy atom. The molecule has 7 nitrogen and oxygen atoms in total. The number of hydrogen-bond acceptors (Lipinski definition) is 7. The molecule has 0 bridgehead atoms. The van der Waals surface area contributed by atoms with Crippen molar-refractivity contribution in [3.8, 4) is 0 Å². The molecule has 2 saturated carbocycles. The fourth-order valence-electron chi connectivity index (χ4n) is 6.56. The second kappa shape index (κ2) is 5.26. The van der Waals surface area contributed by atoms with Gasteiger partial charge in [0.05, 0.1) is 11.4 Å². The summed E-state index contributed by atoms with van der Waals surface area (Å²) in [6.07, 6.45) is 1.72. The third kappa shape index (κ3) is 1.95. The van der Waals surface area contributed by atoms with E-state index in [0.29, 0.717) is 5.57 Å². The van der Waals surface area contributed by atoms with Crippen LogP contribution in [0.3, 0.4) is 0 Å². The second-order valence-corrected chi connectivity index (χ2v) is 9.67. The van der Waals surface area contributed by atoms with E-state index in [4.69, 9.17) is 4.74 Å². The predicted octanol–water partition coefficient (Wildman–Crippen LogP) is 1.02. The minimum atomic E-state index is -1.97. The van der Waals surface area contributed by atoms with Gasteiger partial charge in [-0.1, -0.05) is 26.8 Å². The first-order valence-corrected chi connectivity index (χ1v) is 9.71. The summed E-state index contributed by atoms with van der Waals surface area (Å²) >= 11 is 0. The Morgan fingerprint density at radius 2 is 1.82 bits per heavy atom. The molecule has 0 aromatic rings. The van der Waals surface area contributed by atoms with Gasteiger partial charge < -0.3 is 25.2 Å². The lowest BCUT2D eigenvalue weighted by Crippen LogP contribution is -2.65. The van der Waals surface area contributed by atoms with Crippen molar-refractivity contribution in [2.45, 2.75) is 63.9 Å². The van der Waals surface area contributed by atoms with Crippen LogP contribution in [0.5, 0.6) is 0 Å². The summed E-state index contributed by atoms with van der Waals surface area (Å²) in [5.41, 5.74) is -5.43. The molecule has 154 valence electrons. The summed E-state index contributed by atoms with van der Waals surface area (Å²) < 4.78 is 5.49.